The fourth-order valence-corrected chi connectivity index (χ4v) is 1.39. The Morgan fingerprint density at radius 2 is 2.07 bits per heavy atom. The Hall–Kier alpha value is -1.01. The summed E-state index contributed by atoms with van der Waals surface area (Å²) in [7, 11) is 2.56. The van der Waals surface area contributed by atoms with Crippen LogP contribution >= 0.6 is 15.9 Å². The molecule has 0 aliphatic carbocycles. The molecule has 1 aromatic rings. The number of benzene rings is 1. The molecule has 0 bridgehead atoms. The van der Waals surface area contributed by atoms with Gasteiger partial charge in [0.15, 0.2) is 11.6 Å². The Morgan fingerprint density at radius 3 is 2.60 bits per heavy atom. The molecule has 0 N–H and O–H groups in total. The summed E-state index contributed by atoms with van der Waals surface area (Å²) in [5.74, 6) is -3.03. The van der Waals surface area contributed by atoms with Crippen LogP contribution in [0.5, 0.6) is 0 Å². The molecule has 1 rings (SSSR count). The summed E-state index contributed by atoms with van der Waals surface area (Å²) >= 11 is 2.97. The average molecular weight is 280 g/mol. The van der Waals surface area contributed by atoms with E-state index in [9.17, 15) is 13.6 Å². The molecule has 0 radical (unpaired) electrons. The van der Waals surface area contributed by atoms with E-state index in [-0.39, 0.29) is 10.0 Å². The van der Waals surface area contributed by atoms with Crippen LogP contribution in [0.3, 0.4) is 0 Å². The maximum absolute atomic E-state index is 13.2. The molecule has 0 saturated carbocycles. The largest absolute Gasteiger partial charge is 0.280 e. The first kappa shape index (κ1) is 12.1. The number of nitrogens with zero attached hydrogens (tertiary/aromatic N) is 1. The van der Waals surface area contributed by atoms with Crippen LogP contribution in [0.25, 0.3) is 0 Å². The zero-order valence-corrected chi connectivity index (χ0v) is 9.64. The number of hydrogen-bond acceptors (Lipinski definition) is 2. The molecule has 15 heavy (non-hydrogen) atoms. The van der Waals surface area contributed by atoms with Crippen LogP contribution in [-0.2, 0) is 4.84 Å². The molecule has 0 unspecified atom stereocenters. The van der Waals surface area contributed by atoms with E-state index in [1.807, 2.05) is 0 Å². The van der Waals surface area contributed by atoms with Crippen molar-refractivity contribution in [3.63, 3.8) is 0 Å². The van der Waals surface area contributed by atoms with E-state index in [1.54, 1.807) is 0 Å². The van der Waals surface area contributed by atoms with Gasteiger partial charge < -0.3 is 0 Å². The number of carbonyl (C=O) groups is 1. The Bertz CT molecular complexity index is 398. The molecule has 0 atom stereocenters. The third-order valence-electron chi connectivity index (χ3n) is 1.78. The molecule has 82 valence electrons. The predicted molar refractivity (Wildman–Crippen MR) is 53.2 cm³/mol. The predicted octanol–water partition coefficient (Wildman–Crippen LogP) is 2.36. The van der Waals surface area contributed by atoms with Gasteiger partial charge in [-0.3, -0.25) is 9.63 Å². The minimum absolute atomic E-state index is 0.286. The fourth-order valence-electron chi connectivity index (χ4n) is 0.964. The van der Waals surface area contributed by atoms with Gasteiger partial charge in [0.2, 0.25) is 0 Å². The van der Waals surface area contributed by atoms with Gasteiger partial charge in [0.05, 0.1) is 12.7 Å². The summed E-state index contributed by atoms with van der Waals surface area (Å²) in [5, 5.41) is 0.810. The Labute approximate surface area is 93.7 Å². The van der Waals surface area contributed by atoms with Crippen molar-refractivity contribution in [2.75, 3.05) is 14.2 Å². The first-order valence-corrected chi connectivity index (χ1v) is 4.73. The van der Waals surface area contributed by atoms with Gasteiger partial charge in [-0.25, -0.2) is 13.8 Å². The molecule has 0 heterocycles. The van der Waals surface area contributed by atoms with Crippen LogP contribution in [0.1, 0.15) is 10.4 Å². The lowest BCUT2D eigenvalue weighted by molar-refractivity contribution is -0.0759. The van der Waals surface area contributed by atoms with Crippen LogP contribution in [-0.4, -0.2) is 25.1 Å². The van der Waals surface area contributed by atoms with Crippen LogP contribution in [0, 0.1) is 11.6 Å². The van der Waals surface area contributed by atoms with Crippen LogP contribution in [0.15, 0.2) is 16.6 Å². The molecular weight excluding hydrogens is 272 g/mol. The number of hydrogen-bond donors (Lipinski definition) is 0. The van der Waals surface area contributed by atoms with Crippen molar-refractivity contribution in [2.45, 2.75) is 0 Å². The maximum atomic E-state index is 13.2. The first-order chi connectivity index (χ1) is 6.97. The van der Waals surface area contributed by atoms with E-state index in [0.717, 1.165) is 11.1 Å². The van der Waals surface area contributed by atoms with Gasteiger partial charge in [0.25, 0.3) is 5.91 Å². The normalized spacial score (nSPS) is 10.2. The highest BCUT2D eigenvalue weighted by Crippen LogP contribution is 2.20. The van der Waals surface area contributed by atoms with Crippen molar-refractivity contribution >= 4 is 21.8 Å². The molecule has 6 heteroatoms. The van der Waals surface area contributed by atoms with Crippen molar-refractivity contribution in [2.24, 2.45) is 0 Å². The lowest BCUT2D eigenvalue weighted by Gasteiger charge is -2.14. The Morgan fingerprint density at radius 1 is 1.47 bits per heavy atom. The number of amides is 1. The lowest BCUT2D eigenvalue weighted by atomic mass is 10.2. The van der Waals surface area contributed by atoms with E-state index in [0.29, 0.717) is 0 Å². The van der Waals surface area contributed by atoms with Gasteiger partial charge in [0, 0.05) is 11.5 Å². The monoisotopic (exact) mass is 279 g/mol. The van der Waals surface area contributed by atoms with Crippen LogP contribution < -0.4 is 0 Å². The molecule has 0 spiro atoms. The third kappa shape index (κ3) is 2.51. The van der Waals surface area contributed by atoms with E-state index >= 15 is 0 Å². The zero-order valence-electron chi connectivity index (χ0n) is 8.05. The van der Waals surface area contributed by atoms with Crippen molar-refractivity contribution in [1.29, 1.82) is 0 Å². The number of hydroxylamine groups is 2. The molecule has 1 amide bonds. The summed E-state index contributed by atoms with van der Waals surface area (Å²) < 4.78 is 26.5. The SMILES string of the molecule is CON(C)C(=O)c1cc(Br)cc(F)c1F. The highest BCUT2D eigenvalue weighted by Gasteiger charge is 2.19. The van der Waals surface area contributed by atoms with E-state index in [4.69, 9.17) is 0 Å². The number of rotatable bonds is 2. The lowest BCUT2D eigenvalue weighted by Crippen LogP contribution is -2.26. The molecule has 0 aliphatic rings. The van der Waals surface area contributed by atoms with Crippen molar-refractivity contribution in [3.8, 4) is 0 Å². The van der Waals surface area contributed by atoms with Gasteiger partial charge >= 0.3 is 0 Å². The summed E-state index contributed by atoms with van der Waals surface area (Å²) in [6, 6.07) is 2.13. The highest BCUT2D eigenvalue weighted by molar-refractivity contribution is 9.10. The first-order valence-electron chi connectivity index (χ1n) is 3.94. The molecule has 0 aliphatic heterocycles. The quantitative estimate of drug-likeness (QED) is 0.615. The van der Waals surface area contributed by atoms with Gasteiger partial charge in [-0.05, 0) is 12.1 Å². The molecule has 0 saturated heterocycles. The topological polar surface area (TPSA) is 29.5 Å². The molecule has 3 nitrogen and oxygen atoms in total. The van der Waals surface area contributed by atoms with Crippen molar-refractivity contribution < 1.29 is 18.4 Å². The summed E-state index contributed by atoms with van der Waals surface area (Å²) in [5.41, 5.74) is -0.383. The number of carbonyl (C=O) groups excluding carboxylic acids is 1. The summed E-state index contributed by atoms with van der Waals surface area (Å²) in [6.45, 7) is 0. The second kappa shape index (κ2) is 4.67. The second-order valence-corrected chi connectivity index (χ2v) is 3.65. The average Bonchev–Trinajstić information content (AvgIpc) is 2.21. The van der Waals surface area contributed by atoms with E-state index in [1.165, 1.54) is 20.2 Å². The smallest absolute Gasteiger partial charge is 0.274 e. The van der Waals surface area contributed by atoms with Gasteiger partial charge in [-0.15, -0.1) is 0 Å². The van der Waals surface area contributed by atoms with E-state index < -0.39 is 17.5 Å². The molecule has 0 fully saturated rings. The van der Waals surface area contributed by atoms with Gasteiger partial charge in [0.1, 0.15) is 0 Å². The minimum atomic E-state index is -1.19. The molecule has 0 aromatic heterocycles. The third-order valence-corrected chi connectivity index (χ3v) is 2.24. The van der Waals surface area contributed by atoms with E-state index in [2.05, 4.69) is 20.8 Å². The van der Waals surface area contributed by atoms with Crippen LogP contribution in [0.2, 0.25) is 0 Å². The summed E-state index contributed by atoms with van der Waals surface area (Å²) in [4.78, 5) is 16.1. The Balaban J connectivity index is 3.19. The zero-order chi connectivity index (χ0) is 11.6. The van der Waals surface area contributed by atoms with Gasteiger partial charge in [-0.1, -0.05) is 15.9 Å². The summed E-state index contributed by atoms with van der Waals surface area (Å²) in [6.07, 6.45) is 0. The van der Waals surface area contributed by atoms with Crippen molar-refractivity contribution in [3.05, 3.63) is 33.8 Å². The second-order valence-electron chi connectivity index (χ2n) is 2.73. The molecule has 1 aromatic carbocycles. The maximum Gasteiger partial charge on any atom is 0.280 e. The number of halogens is 3. The Kier molecular flexibility index (Phi) is 3.76. The van der Waals surface area contributed by atoms with Crippen LogP contribution in [0.4, 0.5) is 8.78 Å². The van der Waals surface area contributed by atoms with Crippen molar-refractivity contribution in [1.82, 2.24) is 5.06 Å². The standard InChI is InChI=1S/C9H8BrF2NO2/c1-13(15-2)9(14)6-3-5(10)4-7(11)8(6)12/h3-4H,1-2H3. The highest BCUT2D eigenvalue weighted by atomic mass is 79.9. The minimum Gasteiger partial charge on any atom is -0.274 e. The molecular formula is C9H8BrF2NO2. The fraction of sp³-hybridized carbons (Fsp3) is 0.222. The van der Waals surface area contributed by atoms with Gasteiger partial charge in [-0.2, -0.15) is 0 Å².